The summed E-state index contributed by atoms with van der Waals surface area (Å²) in [5, 5.41) is 2.96. The molecule has 1 amide bonds. The monoisotopic (exact) mass is 168 g/mol. The van der Waals surface area contributed by atoms with E-state index in [0.717, 1.165) is 32.4 Å². The zero-order valence-corrected chi connectivity index (χ0v) is 7.60. The summed E-state index contributed by atoms with van der Waals surface area (Å²) in [6.45, 7) is 1.95. The highest BCUT2D eigenvalue weighted by Gasteiger charge is 2.46. The Morgan fingerprint density at radius 1 is 1.42 bits per heavy atom. The van der Waals surface area contributed by atoms with Crippen LogP contribution in [0.2, 0.25) is 0 Å². The molecule has 0 radical (unpaired) electrons. The first-order valence-corrected chi connectivity index (χ1v) is 4.75. The van der Waals surface area contributed by atoms with E-state index < -0.39 is 0 Å². The van der Waals surface area contributed by atoms with Crippen LogP contribution in [-0.4, -0.2) is 36.5 Å². The predicted octanol–water partition coefficient (Wildman–Crippen LogP) is 0.361. The van der Waals surface area contributed by atoms with Crippen LogP contribution in [0.5, 0.6) is 0 Å². The number of carbonyl (C=O) groups excluding carboxylic acids is 1. The molecule has 68 valence electrons. The number of hydrogen-bond donors (Lipinski definition) is 1. The minimum absolute atomic E-state index is 0.127. The SMILES string of the molecule is CN1CCC[C@]12CCCNC2=O. The van der Waals surface area contributed by atoms with Gasteiger partial charge in [-0.2, -0.15) is 0 Å². The van der Waals surface area contributed by atoms with Crippen LogP contribution in [0.1, 0.15) is 25.7 Å². The largest absolute Gasteiger partial charge is 0.354 e. The van der Waals surface area contributed by atoms with Gasteiger partial charge in [0.1, 0.15) is 5.54 Å². The zero-order chi connectivity index (χ0) is 8.60. The van der Waals surface area contributed by atoms with E-state index >= 15 is 0 Å². The maximum absolute atomic E-state index is 11.7. The van der Waals surface area contributed by atoms with E-state index in [9.17, 15) is 4.79 Å². The van der Waals surface area contributed by atoms with Crippen LogP contribution < -0.4 is 5.32 Å². The van der Waals surface area contributed by atoms with Crippen LogP contribution in [0.25, 0.3) is 0 Å². The van der Waals surface area contributed by atoms with Gasteiger partial charge in [-0.3, -0.25) is 9.69 Å². The lowest BCUT2D eigenvalue weighted by Gasteiger charge is -2.37. The fourth-order valence-electron chi connectivity index (χ4n) is 2.48. The molecule has 0 bridgehead atoms. The number of nitrogens with one attached hydrogen (secondary N) is 1. The van der Waals surface area contributed by atoms with Gasteiger partial charge in [0.05, 0.1) is 0 Å². The maximum Gasteiger partial charge on any atom is 0.240 e. The van der Waals surface area contributed by atoms with Gasteiger partial charge in [0.15, 0.2) is 0 Å². The van der Waals surface area contributed by atoms with Crippen molar-refractivity contribution in [3.05, 3.63) is 0 Å². The minimum atomic E-state index is -0.127. The van der Waals surface area contributed by atoms with Gasteiger partial charge in [-0.25, -0.2) is 0 Å². The van der Waals surface area contributed by atoms with Crippen molar-refractivity contribution < 1.29 is 4.79 Å². The van der Waals surface area contributed by atoms with Crippen molar-refractivity contribution in [2.45, 2.75) is 31.2 Å². The Balaban J connectivity index is 2.21. The highest BCUT2D eigenvalue weighted by Crippen LogP contribution is 2.33. The summed E-state index contributed by atoms with van der Waals surface area (Å²) in [7, 11) is 2.07. The molecule has 0 aromatic rings. The molecular weight excluding hydrogens is 152 g/mol. The number of nitrogens with zero attached hydrogens (tertiary/aromatic N) is 1. The number of piperidine rings is 1. The Hall–Kier alpha value is -0.570. The molecule has 2 saturated heterocycles. The quantitative estimate of drug-likeness (QED) is 0.566. The highest BCUT2D eigenvalue weighted by atomic mass is 16.2. The molecule has 0 saturated carbocycles. The molecule has 0 aromatic heterocycles. The highest BCUT2D eigenvalue weighted by molar-refractivity contribution is 5.87. The second-order valence-corrected chi connectivity index (χ2v) is 3.92. The van der Waals surface area contributed by atoms with Crippen LogP contribution in [0.4, 0.5) is 0 Å². The number of likely N-dealkylation sites (N-methyl/N-ethyl adjacent to an activating group) is 1. The van der Waals surface area contributed by atoms with Crippen LogP contribution >= 0.6 is 0 Å². The summed E-state index contributed by atoms with van der Waals surface area (Å²) in [4.78, 5) is 13.9. The van der Waals surface area contributed by atoms with Crippen molar-refractivity contribution >= 4 is 5.91 Å². The normalized spacial score (nSPS) is 37.2. The molecule has 2 rings (SSSR count). The first kappa shape index (κ1) is 8.05. The smallest absolute Gasteiger partial charge is 0.240 e. The summed E-state index contributed by atoms with van der Waals surface area (Å²) >= 11 is 0. The zero-order valence-electron chi connectivity index (χ0n) is 7.60. The fraction of sp³-hybridized carbons (Fsp3) is 0.889. The second kappa shape index (κ2) is 2.73. The summed E-state index contributed by atoms with van der Waals surface area (Å²) in [6, 6.07) is 0. The van der Waals surface area contributed by atoms with Crippen LogP contribution in [0.3, 0.4) is 0 Å². The Labute approximate surface area is 73.1 Å². The molecule has 12 heavy (non-hydrogen) atoms. The third-order valence-corrected chi connectivity index (χ3v) is 3.29. The topological polar surface area (TPSA) is 32.3 Å². The summed E-state index contributed by atoms with van der Waals surface area (Å²) in [5.74, 6) is 0.258. The van der Waals surface area contributed by atoms with Gasteiger partial charge in [0.2, 0.25) is 5.91 Å². The van der Waals surface area contributed by atoms with E-state index in [1.807, 2.05) is 0 Å². The van der Waals surface area contributed by atoms with Gasteiger partial charge in [-0.1, -0.05) is 0 Å². The standard InChI is InChI=1S/C9H16N2O/c1-11-7-3-5-9(11)4-2-6-10-8(9)12/h2-7H2,1H3,(H,10,12)/t9-/m0/s1. The van der Waals surface area contributed by atoms with E-state index in [4.69, 9.17) is 0 Å². The number of amides is 1. The van der Waals surface area contributed by atoms with Gasteiger partial charge in [0, 0.05) is 6.54 Å². The lowest BCUT2D eigenvalue weighted by molar-refractivity contribution is -0.133. The molecule has 0 unspecified atom stereocenters. The van der Waals surface area contributed by atoms with Crippen molar-refractivity contribution in [1.82, 2.24) is 10.2 Å². The Kier molecular flexibility index (Phi) is 1.83. The van der Waals surface area contributed by atoms with Crippen molar-refractivity contribution in [2.24, 2.45) is 0 Å². The molecule has 2 heterocycles. The van der Waals surface area contributed by atoms with Crippen molar-refractivity contribution in [3.8, 4) is 0 Å². The van der Waals surface area contributed by atoms with Crippen LogP contribution in [-0.2, 0) is 4.79 Å². The lowest BCUT2D eigenvalue weighted by Crippen LogP contribution is -2.57. The number of likely N-dealkylation sites (tertiary alicyclic amines) is 1. The van der Waals surface area contributed by atoms with Gasteiger partial charge in [-0.05, 0) is 39.3 Å². The summed E-state index contributed by atoms with van der Waals surface area (Å²) in [5.41, 5.74) is -0.127. The maximum atomic E-state index is 11.7. The second-order valence-electron chi connectivity index (χ2n) is 3.92. The van der Waals surface area contributed by atoms with Crippen LogP contribution in [0, 0.1) is 0 Å². The Morgan fingerprint density at radius 2 is 2.17 bits per heavy atom. The van der Waals surface area contributed by atoms with E-state index in [1.54, 1.807) is 0 Å². The number of carbonyl (C=O) groups is 1. The summed E-state index contributed by atoms with van der Waals surface area (Å²) < 4.78 is 0. The molecule has 2 fully saturated rings. The first-order valence-electron chi connectivity index (χ1n) is 4.75. The van der Waals surface area contributed by atoms with E-state index in [0.29, 0.717) is 0 Å². The average molecular weight is 168 g/mol. The van der Waals surface area contributed by atoms with E-state index in [-0.39, 0.29) is 11.4 Å². The molecule has 1 spiro atoms. The van der Waals surface area contributed by atoms with E-state index in [2.05, 4.69) is 17.3 Å². The molecule has 1 atom stereocenters. The minimum Gasteiger partial charge on any atom is -0.354 e. The molecule has 1 N–H and O–H groups in total. The molecule has 0 aliphatic carbocycles. The number of hydrogen-bond acceptors (Lipinski definition) is 2. The lowest BCUT2D eigenvalue weighted by atomic mass is 9.87. The van der Waals surface area contributed by atoms with Gasteiger partial charge >= 0.3 is 0 Å². The molecule has 3 nitrogen and oxygen atoms in total. The molecular formula is C9H16N2O. The fourth-order valence-corrected chi connectivity index (χ4v) is 2.48. The molecule has 3 heteroatoms. The average Bonchev–Trinajstić information content (AvgIpc) is 2.41. The molecule has 2 aliphatic heterocycles. The van der Waals surface area contributed by atoms with Crippen molar-refractivity contribution in [1.29, 1.82) is 0 Å². The van der Waals surface area contributed by atoms with Gasteiger partial charge < -0.3 is 5.32 Å². The van der Waals surface area contributed by atoms with Crippen molar-refractivity contribution in [3.63, 3.8) is 0 Å². The first-order chi connectivity index (χ1) is 5.76. The Morgan fingerprint density at radius 3 is 2.75 bits per heavy atom. The third-order valence-electron chi connectivity index (χ3n) is 3.29. The number of rotatable bonds is 0. The van der Waals surface area contributed by atoms with Gasteiger partial charge in [0.25, 0.3) is 0 Å². The predicted molar refractivity (Wildman–Crippen MR) is 46.8 cm³/mol. The van der Waals surface area contributed by atoms with Gasteiger partial charge in [-0.15, -0.1) is 0 Å². The van der Waals surface area contributed by atoms with Crippen molar-refractivity contribution in [2.75, 3.05) is 20.1 Å². The Bertz CT molecular complexity index is 205. The van der Waals surface area contributed by atoms with Crippen LogP contribution in [0.15, 0.2) is 0 Å². The summed E-state index contributed by atoms with van der Waals surface area (Å²) in [6.07, 6.45) is 4.41. The third kappa shape index (κ3) is 0.959. The molecule has 0 aromatic carbocycles. The van der Waals surface area contributed by atoms with E-state index in [1.165, 1.54) is 6.42 Å². The molecule has 2 aliphatic rings.